The van der Waals surface area contributed by atoms with Gasteiger partial charge in [0.1, 0.15) is 6.10 Å². The molecule has 1 aliphatic carbocycles. The second kappa shape index (κ2) is 4.77. The standard InChI is InChI=1S/C17H23NO/c1-17(2,3)18-16(13-9-5-4-6-10-13)14-11-7-8-12-15(14)19-18/h4-6,9-11,15-16H,7-8,12H2,1-3H3/t15-,16+/m1/s1. The van der Waals surface area contributed by atoms with Crippen LogP contribution in [0.15, 0.2) is 42.0 Å². The molecule has 1 saturated heterocycles. The van der Waals surface area contributed by atoms with E-state index in [-0.39, 0.29) is 17.7 Å². The van der Waals surface area contributed by atoms with Crippen LogP contribution in [0.3, 0.4) is 0 Å². The van der Waals surface area contributed by atoms with Crippen molar-refractivity contribution in [1.29, 1.82) is 0 Å². The van der Waals surface area contributed by atoms with Gasteiger partial charge in [-0.05, 0) is 51.2 Å². The Bertz CT molecular complexity index is 472. The third-order valence-corrected chi connectivity index (χ3v) is 3.99. The van der Waals surface area contributed by atoms with Gasteiger partial charge in [-0.2, -0.15) is 5.06 Å². The summed E-state index contributed by atoms with van der Waals surface area (Å²) >= 11 is 0. The molecule has 0 bridgehead atoms. The Morgan fingerprint density at radius 3 is 2.58 bits per heavy atom. The van der Waals surface area contributed by atoms with Crippen molar-refractivity contribution in [3.63, 3.8) is 0 Å². The normalized spacial score (nSPS) is 28.1. The topological polar surface area (TPSA) is 12.5 Å². The summed E-state index contributed by atoms with van der Waals surface area (Å²) in [4.78, 5) is 6.26. The van der Waals surface area contributed by atoms with Crippen molar-refractivity contribution in [2.24, 2.45) is 0 Å². The summed E-state index contributed by atoms with van der Waals surface area (Å²) in [6, 6.07) is 11.0. The van der Waals surface area contributed by atoms with Crippen molar-refractivity contribution in [2.45, 2.75) is 57.7 Å². The first kappa shape index (κ1) is 12.9. The van der Waals surface area contributed by atoms with E-state index in [0.29, 0.717) is 0 Å². The first-order chi connectivity index (χ1) is 9.07. The largest absolute Gasteiger partial charge is 0.290 e. The zero-order chi connectivity index (χ0) is 13.5. The molecule has 0 amide bonds. The fourth-order valence-electron chi connectivity index (χ4n) is 3.11. The second-order valence-corrected chi connectivity index (χ2v) is 6.54. The Morgan fingerprint density at radius 1 is 1.16 bits per heavy atom. The van der Waals surface area contributed by atoms with Gasteiger partial charge in [-0.25, -0.2) is 0 Å². The summed E-state index contributed by atoms with van der Waals surface area (Å²) < 4.78 is 0. The minimum absolute atomic E-state index is 0.0126. The quantitative estimate of drug-likeness (QED) is 0.697. The molecular weight excluding hydrogens is 234 g/mol. The van der Waals surface area contributed by atoms with E-state index in [9.17, 15) is 0 Å². The van der Waals surface area contributed by atoms with Crippen LogP contribution in [-0.4, -0.2) is 16.7 Å². The van der Waals surface area contributed by atoms with Gasteiger partial charge >= 0.3 is 0 Å². The molecule has 1 fully saturated rings. The highest BCUT2D eigenvalue weighted by atomic mass is 16.7. The Hall–Kier alpha value is -1.12. The number of allylic oxidation sites excluding steroid dienone is 1. The van der Waals surface area contributed by atoms with E-state index in [2.05, 4.69) is 62.2 Å². The molecule has 0 radical (unpaired) electrons. The molecule has 0 saturated carbocycles. The maximum absolute atomic E-state index is 6.26. The van der Waals surface area contributed by atoms with Crippen LogP contribution in [0.5, 0.6) is 0 Å². The first-order valence-electron chi connectivity index (χ1n) is 7.28. The minimum atomic E-state index is 0.0126. The van der Waals surface area contributed by atoms with Crippen LogP contribution in [0.4, 0.5) is 0 Å². The molecule has 102 valence electrons. The van der Waals surface area contributed by atoms with Gasteiger partial charge < -0.3 is 0 Å². The molecule has 3 rings (SSSR count). The van der Waals surface area contributed by atoms with Crippen LogP contribution in [0.25, 0.3) is 0 Å². The fourth-order valence-corrected chi connectivity index (χ4v) is 3.11. The maximum Gasteiger partial charge on any atom is 0.102 e. The molecular formula is C17H23NO. The lowest BCUT2D eigenvalue weighted by Gasteiger charge is -2.35. The summed E-state index contributed by atoms with van der Waals surface area (Å²) in [5.41, 5.74) is 2.82. The van der Waals surface area contributed by atoms with Gasteiger partial charge in [0.2, 0.25) is 0 Å². The molecule has 2 nitrogen and oxygen atoms in total. The van der Waals surface area contributed by atoms with E-state index >= 15 is 0 Å². The van der Waals surface area contributed by atoms with E-state index < -0.39 is 0 Å². The van der Waals surface area contributed by atoms with Gasteiger partial charge in [0.15, 0.2) is 0 Å². The molecule has 1 aliphatic heterocycles. The van der Waals surface area contributed by atoms with Crippen LogP contribution in [0, 0.1) is 0 Å². The third kappa shape index (κ3) is 2.35. The SMILES string of the molecule is CC(C)(C)N1O[C@@H]2CCCC=C2[C@@H]1c1ccccc1. The number of nitrogens with zero attached hydrogens (tertiary/aromatic N) is 1. The van der Waals surface area contributed by atoms with Crippen molar-refractivity contribution in [3.05, 3.63) is 47.5 Å². The van der Waals surface area contributed by atoms with E-state index in [1.165, 1.54) is 24.0 Å². The first-order valence-corrected chi connectivity index (χ1v) is 7.28. The molecule has 1 heterocycles. The molecule has 0 aromatic heterocycles. The molecule has 2 heteroatoms. The number of hydroxylamine groups is 2. The van der Waals surface area contributed by atoms with Crippen molar-refractivity contribution in [3.8, 4) is 0 Å². The Morgan fingerprint density at radius 2 is 1.89 bits per heavy atom. The van der Waals surface area contributed by atoms with Gasteiger partial charge in [0, 0.05) is 5.54 Å². The van der Waals surface area contributed by atoms with E-state index in [0.717, 1.165) is 6.42 Å². The number of fused-ring (bicyclic) bond motifs is 1. The van der Waals surface area contributed by atoms with Crippen LogP contribution >= 0.6 is 0 Å². The monoisotopic (exact) mass is 257 g/mol. The molecule has 1 aromatic rings. The van der Waals surface area contributed by atoms with E-state index in [1.54, 1.807) is 0 Å². The number of hydrogen-bond acceptors (Lipinski definition) is 2. The van der Waals surface area contributed by atoms with Crippen molar-refractivity contribution >= 4 is 0 Å². The van der Waals surface area contributed by atoms with Gasteiger partial charge in [0.25, 0.3) is 0 Å². The summed E-state index contributed by atoms with van der Waals surface area (Å²) in [6.45, 7) is 6.67. The van der Waals surface area contributed by atoms with E-state index in [4.69, 9.17) is 4.84 Å². The van der Waals surface area contributed by atoms with Crippen LogP contribution < -0.4 is 0 Å². The van der Waals surface area contributed by atoms with Gasteiger partial charge in [-0.15, -0.1) is 0 Å². The smallest absolute Gasteiger partial charge is 0.102 e. The van der Waals surface area contributed by atoms with Crippen molar-refractivity contribution in [2.75, 3.05) is 0 Å². The van der Waals surface area contributed by atoms with Crippen LogP contribution in [-0.2, 0) is 4.84 Å². The summed E-state index contributed by atoms with van der Waals surface area (Å²) in [5.74, 6) is 0. The summed E-state index contributed by atoms with van der Waals surface area (Å²) in [5, 5.41) is 2.20. The molecule has 19 heavy (non-hydrogen) atoms. The lowest BCUT2D eigenvalue weighted by atomic mass is 9.87. The maximum atomic E-state index is 6.26. The average molecular weight is 257 g/mol. The van der Waals surface area contributed by atoms with Crippen molar-refractivity contribution < 1.29 is 4.84 Å². The summed E-state index contributed by atoms with van der Waals surface area (Å²) in [7, 11) is 0. The number of benzene rings is 1. The second-order valence-electron chi connectivity index (χ2n) is 6.54. The highest BCUT2D eigenvalue weighted by Crippen LogP contribution is 2.46. The van der Waals surface area contributed by atoms with Crippen molar-refractivity contribution in [1.82, 2.24) is 5.06 Å². The number of rotatable bonds is 1. The average Bonchev–Trinajstić information content (AvgIpc) is 2.79. The van der Waals surface area contributed by atoms with Gasteiger partial charge in [-0.1, -0.05) is 36.4 Å². The fraction of sp³-hybridized carbons (Fsp3) is 0.529. The highest BCUT2D eigenvalue weighted by molar-refractivity contribution is 5.33. The Kier molecular flexibility index (Phi) is 3.23. The predicted octanol–water partition coefficient (Wildman–Crippen LogP) is 4.25. The lowest BCUT2D eigenvalue weighted by Crippen LogP contribution is -2.40. The van der Waals surface area contributed by atoms with E-state index in [1.807, 2.05) is 0 Å². The number of hydrogen-bond donors (Lipinski definition) is 0. The molecule has 0 unspecified atom stereocenters. The summed E-state index contributed by atoms with van der Waals surface area (Å²) in [6.07, 6.45) is 6.28. The van der Waals surface area contributed by atoms with Crippen LogP contribution in [0.1, 0.15) is 51.6 Å². The van der Waals surface area contributed by atoms with Gasteiger partial charge in [0.05, 0.1) is 6.04 Å². The van der Waals surface area contributed by atoms with Crippen LogP contribution in [0.2, 0.25) is 0 Å². The van der Waals surface area contributed by atoms with Gasteiger partial charge in [-0.3, -0.25) is 4.84 Å². The molecule has 2 aliphatic rings. The predicted molar refractivity (Wildman–Crippen MR) is 77.6 cm³/mol. The zero-order valence-corrected chi connectivity index (χ0v) is 12.1. The third-order valence-electron chi connectivity index (χ3n) is 3.99. The highest BCUT2D eigenvalue weighted by Gasteiger charge is 2.44. The lowest BCUT2D eigenvalue weighted by molar-refractivity contribution is -0.214. The molecule has 2 atom stereocenters. The zero-order valence-electron chi connectivity index (χ0n) is 12.1. The Balaban J connectivity index is 2.02. The molecule has 0 spiro atoms. The Labute approximate surface area is 116 Å². The molecule has 0 N–H and O–H groups in total. The molecule has 1 aromatic carbocycles. The minimum Gasteiger partial charge on any atom is -0.290 e.